The lowest BCUT2D eigenvalue weighted by molar-refractivity contribution is -0.175. The number of Topliss-reactive ketones (excluding diaryl/α,β-unsaturated/α-hetero) is 1. The monoisotopic (exact) mass is 344 g/mol. The molecule has 0 aromatic heterocycles. The van der Waals surface area contributed by atoms with Crippen molar-refractivity contribution in [2.45, 2.75) is 18.3 Å². The van der Waals surface area contributed by atoms with Crippen molar-refractivity contribution >= 4 is 5.78 Å². The molecule has 130 valence electrons. The Labute approximate surface area is 153 Å². The van der Waals surface area contributed by atoms with E-state index in [1.54, 1.807) is 0 Å². The fraction of sp³-hybridized carbons (Fsp3) is 0.174. The Morgan fingerprint density at radius 3 is 1.85 bits per heavy atom. The van der Waals surface area contributed by atoms with E-state index in [0.29, 0.717) is 5.56 Å². The number of benzene rings is 3. The van der Waals surface area contributed by atoms with Crippen molar-refractivity contribution in [2.75, 3.05) is 6.61 Å². The van der Waals surface area contributed by atoms with E-state index in [1.807, 2.05) is 97.9 Å². The molecule has 1 fully saturated rings. The van der Waals surface area contributed by atoms with Crippen molar-refractivity contribution in [3.63, 3.8) is 0 Å². The van der Waals surface area contributed by atoms with Crippen LogP contribution in [0.15, 0.2) is 91.0 Å². The molecular weight excluding hydrogens is 324 g/mol. The quantitative estimate of drug-likeness (QED) is 0.645. The van der Waals surface area contributed by atoms with Crippen molar-refractivity contribution < 1.29 is 14.3 Å². The molecule has 0 saturated carbocycles. The summed E-state index contributed by atoms with van der Waals surface area (Å²) in [6, 6.07) is 28.6. The Morgan fingerprint density at radius 2 is 1.27 bits per heavy atom. The summed E-state index contributed by atoms with van der Waals surface area (Å²) in [5.74, 6) is -1.08. The maximum atomic E-state index is 13.5. The van der Waals surface area contributed by atoms with Crippen LogP contribution in [0.4, 0.5) is 0 Å². The maximum absolute atomic E-state index is 13.5. The van der Waals surface area contributed by atoms with Crippen LogP contribution in [-0.2, 0) is 20.9 Å². The number of ketones is 1. The van der Waals surface area contributed by atoms with Crippen LogP contribution in [0.5, 0.6) is 0 Å². The van der Waals surface area contributed by atoms with Crippen molar-refractivity contribution in [1.82, 2.24) is 0 Å². The predicted molar refractivity (Wildman–Crippen MR) is 99.7 cm³/mol. The minimum absolute atomic E-state index is 0.0936. The Balaban J connectivity index is 1.80. The van der Waals surface area contributed by atoms with E-state index in [9.17, 15) is 4.79 Å². The number of hydrogen-bond donors (Lipinski definition) is 0. The highest BCUT2D eigenvalue weighted by atomic mass is 16.8. The smallest absolute Gasteiger partial charge is 0.201 e. The van der Waals surface area contributed by atoms with Crippen LogP contribution < -0.4 is 0 Å². The number of carbonyl (C=O) groups is 1. The van der Waals surface area contributed by atoms with E-state index in [4.69, 9.17) is 9.47 Å². The molecule has 0 amide bonds. The minimum Gasteiger partial charge on any atom is -0.342 e. The van der Waals surface area contributed by atoms with Crippen LogP contribution in [0, 0.1) is 0 Å². The first kappa shape index (κ1) is 16.7. The summed E-state index contributed by atoms with van der Waals surface area (Å²) in [6.07, 6.45) is 0. The van der Waals surface area contributed by atoms with Crippen molar-refractivity contribution in [2.24, 2.45) is 0 Å². The van der Waals surface area contributed by atoms with Crippen molar-refractivity contribution in [3.05, 3.63) is 108 Å². The zero-order valence-corrected chi connectivity index (χ0v) is 14.6. The van der Waals surface area contributed by atoms with Gasteiger partial charge in [0.15, 0.2) is 11.4 Å². The average Bonchev–Trinajstić information content (AvgIpc) is 3.10. The van der Waals surface area contributed by atoms with Gasteiger partial charge in [-0.05, 0) is 12.5 Å². The van der Waals surface area contributed by atoms with Gasteiger partial charge in [-0.15, -0.1) is 0 Å². The average molecular weight is 344 g/mol. The van der Waals surface area contributed by atoms with Crippen LogP contribution in [-0.4, -0.2) is 12.4 Å². The molecule has 0 spiro atoms. The zero-order chi connectivity index (χ0) is 18.0. The first-order chi connectivity index (χ1) is 12.6. The SMILES string of the molecule is CC1(c2ccccc2)OCC(C(=O)c2ccccc2)(c2ccccc2)O1. The van der Waals surface area contributed by atoms with Crippen molar-refractivity contribution in [3.8, 4) is 0 Å². The Kier molecular flexibility index (Phi) is 4.19. The number of rotatable bonds is 4. The molecule has 1 heterocycles. The molecule has 2 unspecified atom stereocenters. The van der Waals surface area contributed by atoms with Crippen LogP contribution >= 0.6 is 0 Å². The molecule has 3 aromatic carbocycles. The third-order valence-electron chi connectivity index (χ3n) is 4.86. The third kappa shape index (κ3) is 2.75. The molecule has 1 saturated heterocycles. The van der Waals surface area contributed by atoms with Crippen LogP contribution in [0.2, 0.25) is 0 Å². The third-order valence-corrected chi connectivity index (χ3v) is 4.86. The van der Waals surface area contributed by atoms with Gasteiger partial charge in [-0.2, -0.15) is 0 Å². The fourth-order valence-corrected chi connectivity index (χ4v) is 3.43. The minimum atomic E-state index is -1.17. The Morgan fingerprint density at radius 1 is 0.769 bits per heavy atom. The van der Waals surface area contributed by atoms with Crippen LogP contribution in [0.25, 0.3) is 0 Å². The summed E-state index contributed by atoms with van der Waals surface area (Å²) >= 11 is 0. The number of carbonyl (C=O) groups excluding carboxylic acids is 1. The lowest BCUT2D eigenvalue weighted by atomic mass is 9.86. The summed E-state index contributed by atoms with van der Waals surface area (Å²) in [5, 5.41) is 0. The molecule has 4 rings (SSSR count). The molecule has 2 atom stereocenters. The topological polar surface area (TPSA) is 35.5 Å². The lowest BCUT2D eigenvalue weighted by Gasteiger charge is -2.30. The normalized spacial score (nSPS) is 25.1. The van der Waals surface area contributed by atoms with Gasteiger partial charge in [-0.3, -0.25) is 4.79 Å². The second kappa shape index (κ2) is 6.52. The second-order valence-electron chi connectivity index (χ2n) is 6.59. The molecule has 0 radical (unpaired) electrons. The van der Waals surface area contributed by atoms with E-state index in [-0.39, 0.29) is 12.4 Å². The zero-order valence-electron chi connectivity index (χ0n) is 14.6. The maximum Gasteiger partial charge on any atom is 0.201 e. The standard InChI is InChI=1S/C23H20O3/c1-22(19-13-7-3-8-14-19)25-17-23(26-22,20-15-9-4-10-16-20)21(24)18-11-5-2-6-12-18/h2-16H,17H2,1H3. The number of hydrogen-bond acceptors (Lipinski definition) is 3. The highest BCUT2D eigenvalue weighted by Gasteiger charge is 2.54. The molecule has 1 aliphatic rings. The lowest BCUT2D eigenvalue weighted by Crippen LogP contribution is -2.40. The van der Waals surface area contributed by atoms with E-state index >= 15 is 0 Å². The van der Waals surface area contributed by atoms with Gasteiger partial charge in [0.1, 0.15) is 0 Å². The predicted octanol–water partition coefficient (Wildman–Crippen LogP) is 4.68. The van der Waals surface area contributed by atoms with Gasteiger partial charge in [-0.1, -0.05) is 91.0 Å². The summed E-state index contributed by atoms with van der Waals surface area (Å²) in [4.78, 5) is 13.5. The molecular formula is C23H20O3. The molecule has 3 aromatic rings. The van der Waals surface area contributed by atoms with E-state index in [1.165, 1.54) is 0 Å². The second-order valence-corrected chi connectivity index (χ2v) is 6.59. The van der Waals surface area contributed by atoms with Gasteiger partial charge < -0.3 is 9.47 Å². The van der Waals surface area contributed by atoms with Gasteiger partial charge in [0.25, 0.3) is 0 Å². The Hall–Kier alpha value is -2.75. The highest BCUT2D eigenvalue weighted by Crippen LogP contribution is 2.45. The molecule has 1 aliphatic heterocycles. The molecule has 0 bridgehead atoms. The largest absolute Gasteiger partial charge is 0.342 e. The molecule has 3 heteroatoms. The number of ether oxygens (including phenoxy) is 2. The van der Waals surface area contributed by atoms with E-state index < -0.39 is 11.4 Å². The first-order valence-electron chi connectivity index (χ1n) is 8.69. The van der Waals surface area contributed by atoms with E-state index in [2.05, 4.69) is 0 Å². The van der Waals surface area contributed by atoms with Crippen molar-refractivity contribution in [1.29, 1.82) is 0 Å². The molecule has 0 aliphatic carbocycles. The summed E-state index contributed by atoms with van der Waals surface area (Å²) in [6.45, 7) is 2.03. The van der Waals surface area contributed by atoms with Gasteiger partial charge in [0.2, 0.25) is 5.78 Å². The van der Waals surface area contributed by atoms with Crippen LogP contribution in [0.3, 0.4) is 0 Å². The van der Waals surface area contributed by atoms with Gasteiger partial charge in [-0.25, -0.2) is 0 Å². The summed E-state index contributed by atoms with van der Waals surface area (Å²) < 4.78 is 12.5. The first-order valence-corrected chi connectivity index (χ1v) is 8.69. The van der Waals surface area contributed by atoms with Gasteiger partial charge >= 0.3 is 0 Å². The molecule has 26 heavy (non-hydrogen) atoms. The summed E-state index contributed by atoms with van der Waals surface area (Å²) in [5.41, 5.74) is 1.12. The van der Waals surface area contributed by atoms with E-state index in [0.717, 1.165) is 11.1 Å². The molecule has 0 N–H and O–H groups in total. The van der Waals surface area contributed by atoms with Gasteiger partial charge in [0.05, 0.1) is 6.61 Å². The Bertz CT molecular complexity index is 893. The van der Waals surface area contributed by atoms with Crippen LogP contribution in [0.1, 0.15) is 28.4 Å². The highest BCUT2D eigenvalue weighted by molar-refractivity contribution is 6.03. The summed E-state index contributed by atoms with van der Waals surface area (Å²) in [7, 11) is 0. The molecule has 3 nitrogen and oxygen atoms in total. The van der Waals surface area contributed by atoms with Gasteiger partial charge in [0, 0.05) is 11.1 Å². The fourth-order valence-electron chi connectivity index (χ4n) is 3.43.